The molecule has 0 radical (unpaired) electrons. The van der Waals surface area contributed by atoms with Crippen molar-refractivity contribution >= 4 is 22.8 Å². The van der Waals surface area contributed by atoms with Gasteiger partial charge < -0.3 is 23.9 Å². The van der Waals surface area contributed by atoms with Crippen LogP contribution in [0.15, 0.2) is 42.9 Å². The van der Waals surface area contributed by atoms with Gasteiger partial charge in [0.25, 0.3) is 0 Å². The van der Waals surface area contributed by atoms with Crippen molar-refractivity contribution in [2.45, 2.75) is 50.9 Å². The summed E-state index contributed by atoms with van der Waals surface area (Å²) in [5, 5.41) is 10.7. The number of halogens is 1. The summed E-state index contributed by atoms with van der Waals surface area (Å²) >= 11 is 6.77. The maximum atomic E-state index is 10.2. The molecular weight excluding hydrogens is 494 g/mol. The molecule has 0 spiro atoms. The van der Waals surface area contributed by atoms with Crippen LogP contribution < -0.4 is 9.47 Å². The Hall–Kier alpha value is -3.27. The topological polar surface area (TPSA) is 104 Å². The molecule has 4 heterocycles. The summed E-state index contributed by atoms with van der Waals surface area (Å²) in [7, 11) is 0. The van der Waals surface area contributed by atoms with Crippen LogP contribution in [0, 0.1) is 6.92 Å². The zero-order valence-electron chi connectivity index (χ0n) is 20.8. The van der Waals surface area contributed by atoms with Crippen molar-refractivity contribution in [3.8, 4) is 23.0 Å². The molecule has 1 aliphatic carbocycles. The lowest BCUT2D eigenvalue weighted by molar-refractivity contribution is -0.184. The highest BCUT2D eigenvalue weighted by atomic mass is 35.5. The van der Waals surface area contributed by atoms with E-state index in [0.717, 1.165) is 29.7 Å². The number of nitrogens with zero attached hydrogens (tertiary/aromatic N) is 5. The number of aliphatic hydroxyl groups is 1. The molecule has 2 fully saturated rings. The van der Waals surface area contributed by atoms with Gasteiger partial charge in [-0.3, -0.25) is 4.98 Å². The molecule has 0 bridgehead atoms. The zero-order valence-corrected chi connectivity index (χ0v) is 21.5. The van der Waals surface area contributed by atoms with Gasteiger partial charge in [-0.05, 0) is 62.6 Å². The minimum Gasteiger partial charge on any atom is -0.493 e. The Morgan fingerprint density at radius 2 is 1.97 bits per heavy atom. The molecular formula is C27H28ClN5O4. The van der Waals surface area contributed by atoms with Crippen LogP contribution in [-0.4, -0.2) is 60.6 Å². The van der Waals surface area contributed by atoms with Crippen LogP contribution in [0.25, 0.3) is 22.6 Å². The largest absolute Gasteiger partial charge is 0.493 e. The summed E-state index contributed by atoms with van der Waals surface area (Å²) in [6, 6.07) is 9.51. The van der Waals surface area contributed by atoms with E-state index in [0.29, 0.717) is 66.4 Å². The Bertz CT molecular complexity index is 1460. The fourth-order valence-corrected chi connectivity index (χ4v) is 4.57. The fourth-order valence-electron chi connectivity index (χ4n) is 4.31. The molecule has 37 heavy (non-hydrogen) atoms. The number of ether oxygens (including phenoxy) is 3. The molecule has 1 aliphatic heterocycles. The van der Waals surface area contributed by atoms with Gasteiger partial charge in [0, 0.05) is 18.2 Å². The van der Waals surface area contributed by atoms with Crippen LogP contribution in [0.4, 0.5) is 0 Å². The highest BCUT2D eigenvalue weighted by Gasteiger charge is 2.41. The average Bonchev–Trinajstić information content (AvgIpc) is 3.46. The third-order valence-electron chi connectivity index (χ3n) is 6.85. The number of rotatable bonds is 9. The van der Waals surface area contributed by atoms with E-state index in [1.165, 1.54) is 6.33 Å². The van der Waals surface area contributed by atoms with E-state index < -0.39 is 5.60 Å². The predicted octanol–water partition coefficient (Wildman–Crippen LogP) is 4.36. The second kappa shape index (κ2) is 9.24. The molecule has 192 valence electrons. The van der Waals surface area contributed by atoms with E-state index in [9.17, 15) is 5.11 Å². The third-order valence-corrected chi connectivity index (χ3v) is 7.16. The number of hydrogen-bond donors (Lipinski definition) is 1. The van der Waals surface area contributed by atoms with Crippen molar-refractivity contribution < 1.29 is 19.3 Å². The Labute approximate surface area is 219 Å². The van der Waals surface area contributed by atoms with E-state index >= 15 is 0 Å². The summed E-state index contributed by atoms with van der Waals surface area (Å²) in [5.74, 6) is 1.73. The molecule has 9 nitrogen and oxygen atoms in total. The molecule has 1 saturated heterocycles. The summed E-state index contributed by atoms with van der Waals surface area (Å²) in [4.78, 5) is 18.4. The quantitative estimate of drug-likeness (QED) is 0.346. The van der Waals surface area contributed by atoms with Crippen LogP contribution in [0.2, 0.25) is 5.02 Å². The van der Waals surface area contributed by atoms with Crippen LogP contribution >= 0.6 is 11.6 Å². The molecule has 10 heteroatoms. The van der Waals surface area contributed by atoms with E-state index in [-0.39, 0.29) is 5.60 Å². The van der Waals surface area contributed by atoms with Crippen molar-refractivity contribution in [1.82, 2.24) is 24.5 Å². The van der Waals surface area contributed by atoms with Crippen LogP contribution in [0.1, 0.15) is 37.4 Å². The average molecular weight is 522 g/mol. The number of fused-ring (bicyclic) bond motifs is 1. The van der Waals surface area contributed by atoms with Gasteiger partial charge in [0.2, 0.25) is 5.88 Å². The lowest BCUT2D eigenvalue weighted by Crippen LogP contribution is -2.50. The number of hydrogen-bond acceptors (Lipinski definition) is 8. The molecule has 0 atom stereocenters. The predicted molar refractivity (Wildman–Crippen MR) is 138 cm³/mol. The first-order chi connectivity index (χ1) is 17.8. The minimum absolute atomic E-state index is 0.210. The highest BCUT2D eigenvalue weighted by Crippen LogP contribution is 2.41. The first-order valence-corrected chi connectivity index (χ1v) is 12.7. The number of pyridine rings is 1. The highest BCUT2D eigenvalue weighted by molar-refractivity contribution is 6.33. The van der Waals surface area contributed by atoms with Crippen molar-refractivity contribution in [1.29, 1.82) is 0 Å². The molecule has 3 aromatic heterocycles. The Morgan fingerprint density at radius 3 is 2.68 bits per heavy atom. The molecule has 1 N–H and O–H groups in total. The Morgan fingerprint density at radius 1 is 1.14 bits per heavy atom. The van der Waals surface area contributed by atoms with E-state index in [1.54, 1.807) is 12.3 Å². The molecule has 0 amide bonds. The SMILES string of the molecule is Cc1ccnc(Cn2c(-c3ccc(OCCC4(O)COC4)cc3Cl)nc3c(OC4(C)CC4)ncnc32)c1. The standard InChI is InChI=1S/C27H28ClN5O4/c1-17-5-9-29-18(11-17)13-33-23(32-22-24(33)30-16-31-25(22)37-26(2)6-7-26)20-4-3-19(12-21(20)28)36-10-8-27(34)14-35-15-27/h3-5,9,11-12,16,34H,6-8,10,13-15H2,1-2H3. The van der Waals surface area contributed by atoms with Crippen molar-refractivity contribution in [2.24, 2.45) is 0 Å². The van der Waals surface area contributed by atoms with Gasteiger partial charge in [-0.1, -0.05) is 11.6 Å². The van der Waals surface area contributed by atoms with Crippen molar-refractivity contribution in [2.75, 3.05) is 19.8 Å². The number of aromatic nitrogens is 5. The van der Waals surface area contributed by atoms with E-state index in [1.807, 2.05) is 35.8 Å². The monoisotopic (exact) mass is 521 g/mol. The van der Waals surface area contributed by atoms with Crippen molar-refractivity contribution in [3.63, 3.8) is 0 Å². The Balaban J connectivity index is 1.36. The van der Waals surface area contributed by atoms with Gasteiger partial charge in [-0.15, -0.1) is 0 Å². The second-order valence-electron chi connectivity index (χ2n) is 10.2. The summed E-state index contributed by atoms with van der Waals surface area (Å²) in [6.45, 7) is 5.61. The van der Waals surface area contributed by atoms with Gasteiger partial charge in [-0.25, -0.2) is 9.97 Å². The molecule has 0 unspecified atom stereocenters. The smallest absolute Gasteiger partial charge is 0.245 e. The van der Waals surface area contributed by atoms with Gasteiger partial charge in [0.15, 0.2) is 11.2 Å². The third kappa shape index (κ3) is 4.99. The fraction of sp³-hybridized carbons (Fsp3) is 0.407. The summed E-state index contributed by atoms with van der Waals surface area (Å²) in [5.41, 5.74) is 2.97. The number of imidazole rings is 1. The first-order valence-electron chi connectivity index (χ1n) is 12.4. The van der Waals surface area contributed by atoms with Crippen LogP contribution in [0.3, 0.4) is 0 Å². The molecule has 1 aromatic carbocycles. The summed E-state index contributed by atoms with van der Waals surface area (Å²) in [6.07, 6.45) is 5.76. The van der Waals surface area contributed by atoms with E-state index in [2.05, 4.69) is 21.9 Å². The zero-order chi connectivity index (χ0) is 25.6. The Kier molecular flexibility index (Phi) is 6.01. The van der Waals surface area contributed by atoms with Crippen molar-refractivity contribution in [3.05, 3.63) is 59.1 Å². The number of benzene rings is 1. The molecule has 2 aliphatic rings. The van der Waals surface area contributed by atoms with Gasteiger partial charge in [0.05, 0.1) is 37.1 Å². The van der Waals surface area contributed by atoms with Gasteiger partial charge >= 0.3 is 0 Å². The normalized spacial score (nSPS) is 17.4. The lowest BCUT2D eigenvalue weighted by Gasteiger charge is -2.36. The number of aryl methyl sites for hydroxylation is 1. The minimum atomic E-state index is -0.795. The molecule has 1 saturated carbocycles. The molecule has 4 aromatic rings. The van der Waals surface area contributed by atoms with Gasteiger partial charge in [0.1, 0.15) is 29.1 Å². The summed E-state index contributed by atoms with van der Waals surface area (Å²) < 4.78 is 19.1. The maximum absolute atomic E-state index is 10.2. The first kappa shape index (κ1) is 24.1. The van der Waals surface area contributed by atoms with E-state index in [4.69, 9.17) is 30.8 Å². The second-order valence-corrected chi connectivity index (χ2v) is 10.6. The lowest BCUT2D eigenvalue weighted by atomic mass is 9.99. The maximum Gasteiger partial charge on any atom is 0.245 e. The van der Waals surface area contributed by atoms with Crippen LogP contribution in [-0.2, 0) is 11.3 Å². The van der Waals surface area contributed by atoms with Gasteiger partial charge in [-0.2, -0.15) is 4.98 Å². The van der Waals surface area contributed by atoms with Crippen LogP contribution in [0.5, 0.6) is 11.6 Å². The molecule has 6 rings (SSSR count).